The highest BCUT2D eigenvalue weighted by Gasteiger charge is 2.22. The van der Waals surface area contributed by atoms with E-state index in [-0.39, 0.29) is 16.5 Å². The summed E-state index contributed by atoms with van der Waals surface area (Å²) in [6, 6.07) is 13.7. The number of hydrogen-bond acceptors (Lipinski definition) is 10. The first-order valence-corrected chi connectivity index (χ1v) is 12.1. The van der Waals surface area contributed by atoms with E-state index in [0.29, 0.717) is 12.4 Å². The standard InChI is InChI=1S/C22H27N5O6S/c1-15(26-22-24-11-12-25-22)14-32-17-9-7-16(8-10-17)21(29)33-20(28)13-19(23)27-34(30,31)18-5-3-2-4-6-18/h2-10,15,19,27H,11-14,23H2,1H3,(H2,24,25,26)/t15-,19-/m0/s1. The molecule has 0 radical (unpaired) electrons. The smallest absolute Gasteiger partial charge is 0.345 e. The van der Waals surface area contributed by atoms with Gasteiger partial charge >= 0.3 is 11.9 Å². The van der Waals surface area contributed by atoms with Gasteiger partial charge in [0, 0.05) is 6.54 Å². The van der Waals surface area contributed by atoms with Crippen molar-refractivity contribution in [2.45, 2.75) is 30.4 Å². The summed E-state index contributed by atoms with van der Waals surface area (Å²) in [6.07, 6.45) is -1.79. The third-order valence-electron chi connectivity index (χ3n) is 4.60. The first-order valence-electron chi connectivity index (χ1n) is 10.6. The van der Waals surface area contributed by atoms with Crippen molar-refractivity contribution in [1.29, 1.82) is 0 Å². The number of carbonyl (C=O) groups excluding carboxylic acids is 2. The second-order valence-corrected chi connectivity index (χ2v) is 9.26. The van der Waals surface area contributed by atoms with Crippen molar-refractivity contribution in [2.75, 3.05) is 19.7 Å². The Morgan fingerprint density at radius 2 is 1.85 bits per heavy atom. The number of benzene rings is 2. The summed E-state index contributed by atoms with van der Waals surface area (Å²) in [5, 5.41) is 6.30. The highest BCUT2D eigenvalue weighted by atomic mass is 32.2. The monoisotopic (exact) mass is 489 g/mol. The first-order chi connectivity index (χ1) is 16.2. The molecule has 0 aromatic heterocycles. The topological polar surface area (TPSA) is 161 Å². The van der Waals surface area contributed by atoms with Gasteiger partial charge < -0.3 is 25.8 Å². The average Bonchev–Trinajstić information content (AvgIpc) is 3.31. The fraction of sp³-hybridized carbons (Fsp3) is 0.318. The molecule has 182 valence electrons. The van der Waals surface area contributed by atoms with Crippen molar-refractivity contribution in [2.24, 2.45) is 10.7 Å². The number of esters is 2. The maximum Gasteiger partial charge on any atom is 0.345 e. The number of hydrogen-bond donors (Lipinski definition) is 4. The molecule has 0 spiro atoms. The van der Waals surface area contributed by atoms with Crippen LogP contribution in [0.1, 0.15) is 23.7 Å². The number of rotatable bonds is 10. The predicted molar refractivity (Wildman–Crippen MR) is 125 cm³/mol. The van der Waals surface area contributed by atoms with E-state index in [2.05, 4.69) is 20.3 Å². The van der Waals surface area contributed by atoms with E-state index >= 15 is 0 Å². The number of sulfonamides is 1. The molecular formula is C22H27N5O6S. The van der Waals surface area contributed by atoms with Gasteiger partial charge in [-0.05, 0) is 43.3 Å². The molecule has 34 heavy (non-hydrogen) atoms. The van der Waals surface area contributed by atoms with Crippen LogP contribution in [0.15, 0.2) is 64.5 Å². The fourth-order valence-corrected chi connectivity index (χ4v) is 4.10. The average molecular weight is 490 g/mol. The summed E-state index contributed by atoms with van der Waals surface area (Å²) in [5.74, 6) is -0.562. The van der Waals surface area contributed by atoms with E-state index in [9.17, 15) is 18.0 Å². The Morgan fingerprint density at radius 1 is 1.15 bits per heavy atom. The van der Waals surface area contributed by atoms with Gasteiger partial charge in [-0.2, -0.15) is 4.72 Å². The summed E-state index contributed by atoms with van der Waals surface area (Å²) in [5.41, 5.74) is 5.84. The van der Waals surface area contributed by atoms with Crippen LogP contribution in [-0.2, 0) is 19.6 Å². The molecule has 11 nitrogen and oxygen atoms in total. The molecule has 0 fully saturated rings. The predicted octanol–water partition coefficient (Wildman–Crippen LogP) is 0.340. The molecule has 0 unspecified atom stereocenters. The molecule has 0 bridgehead atoms. The molecule has 1 aliphatic rings. The van der Waals surface area contributed by atoms with Crippen molar-refractivity contribution in [3.05, 3.63) is 60.2 Å². The van der Waals surface area contributed by atoms with Crippen LogP contribution in [0, 0.1) is 0 Å². The number of nitrogens with zero attached hydrogens (tertiary/aromatic N) is 1. The van der Waals surface area contributed by atoms with Crippen LogP contribution >= 0.6 is 0 Å². The Labute approximate surface area is 197 Å². The third-order valence-corrected chi connectivity index (χ3v) is 6.11. The van der Waals surface area contributed by atoms with Crippen LogP contribution in [0.25, 0.3) is 0 Å². The van der Waals surface area contributed by atoms with Gasteiger partial charge in [-0.15, -0.1) is 0 Å². The lowest BCUT2D eigenvalue weighted by molar-refractivity contribution is -0.138. The Kier molecular flexibility index (Phi) is 8.57. The molecule has 1 heterocycles. The minimum absolute atomic E-state index is 0.00587. The minimum atomic E-state index is -3.91. The van der Waals surface area contributed by atoms with E-state index in [1.807, 2.05) is 6.92 Å². The van der Waals surface area contributed by atoms with Gasteiger partial charge in [0.15, 0.2) is 5.96 Å². The normalized spacial score (nSPS) is 14.9. The Morgan fingerprint density at radius 3 is 2.50 bits per heavy atom. The molecule has 3 rings (SSSR count). The van der Waals surface area contributed by atoms with Gasteiger partial charge in [0.1, 0.15) is 12.4 Å². The minimum Gasteiger partial charge on any atom is -0.491 e. The summed E-state index contributed by atoms with van der Waals surface area (Å²) < 4.78 is 37.1. The Bertz CT molecular complexity index is 1120. The third kappa shape index (κ3) is 7.54. The number of guanidine groups is 1. The van der Waals surface area contributed by atoms with Gasteiger partial charge in [0.25, 0.3) is 0 Å². The molecule has 0 saturated carbocycles. The second-order valence-electron chi connectivity index (χ2n) is 7.54. The number of aliphatic imine (C=N–C) groups is 1. The molecule has 12 heteroatoms. The number of nitrogens with one attached hydrogen (secondary N) is 3. The van der Waals surface area contributed by atoms with Crippen LogP contribution in [0.3, 0.4) is 0 Å². The van der Waals surface area contributed by atoms with Crippen LogP contribution in [-0.4, -0.2) is 58.2 Å². The zero-order chi connectivity index (χ0) is 24.6. The molecule has 0 aliphatic carbocycles. The van der Waals surface area contributed by atoms with Crippen LogP contribution < -0.4 is 25.8 Å². The fourth-order valence-electron chi connectivity index (χ4n) is 2.97. The van der Waals surface area contributed by atoms with E-state index < -0.39 is 34.5 Å². The summed E-state index contributed by atoms with van der Waals surface area (Å²) in [7, 11) is -3.91. The van der Waals surface area contributed by atoms with Crippen molar-refractivity contribution in [3.63, 3.8) is 0 Å². The zero-order valence-electron chi connectivity index (χ0n) is 18.6. The first kappa shape index (κ1) is 25.1. The van der Waals surface area contributed by atoms with Gasteiger partial charge in [-0.25, -0.2) is 13.2 Å². The lowest BCUT2D eigenvalue weighted by Gasteiger charge is -2.16. The molecule has 1 aliphatic heterocycles. The molecule has 0 amide bonds. The number of carbonyl (C=O) groups is 2. The maximum atomic E-state index is 12.2. The van der Waals surface area contributed by atoms with Gasteiger partial charge in [0.2, 0.25) is 10.0 Å². The maximum absolute atomic E-state index is 12.2. The summed E-state index contributed by atoms with van der Waals surface area (Å²) in [6.45, 7) is 3.88. The van der Waals surface area contributed by atoms with Crippen molar-refractivity contribution in [3.8, 4) is 5.75 Å². The lowest BCUT2D eigenvalue weighted by atomic mass is 10.2. The van der Waals surface area contributed by atoms with E-state index in [0.717, 1.165) is 19.0 Å². The molecule has 0 saturated heterocycles. The quantitative estimate of drug-likeness (QED) is 0.209. The number of nitrogens with two attached hydrogens (primary N) is 1. The Hall–Kier alpha value is -3.48. The highest BCUT2D eigenvalue weighted by Crippen LogP contribution is 2.14. The van der Waals surface area contributed by atoms with Crippen LogP contribution in [0.5, 0.6) is 5.75 Å². The molecule has 2 atom stereocenters. The van der Waals surface area contributed by atoms with E-state index in [1.54, 1.807) is 30.3 Å². The zero-order valence-corrected chi connectivity index (χ0v) is 19.4. The molecule has 2 aromatic carbocycles. The Balaban J connectivity index is 1.44. The SMILES string of the molecule is C[C@@H](COc1ccc(C(=O)OC(=O)C[C@@H](N)NS(=O)(=O)c2ccccc2)cc1)NC1=NCCN1. The van der Waals surface area contributed by atoms with Gasteiger partial charge in [-0.1, -0.05) is 18.2 Å². The van der Waals surface area contributed by atoms with Crippen LogP contribution in [0.4, 0.5) is 0 Å². The lowest BCUT2D eigenvalue weighted by Crippen LogP contribution is -2.43. The van der Waals surface area contributed by atoms with Crippen LogP contribution in [0.2, 0.25) is 0 Å². The van der Waals surface area contributed by atoms with Gasteiger partial charge in [-0.3, -0.25) is 9.79 Å². The molecular weight excluding hydrogens is 462 g/mol. The second kappa shape index (κ2) is 11.6. The summed E-state index contributed by atoms with van der Waals surface area (Å²) >= 11 is 0. The van der Waals surface area contributed by atoms with E-state index in [4.69, 9.17) is 15.2 Å². The molecule has 2 aromatic rings. The molecule has 5 N–H and O–H groups in total. The van der Waals surface area contributed by atoms with E-state index in [1.165, 1.54) is 24.3 Å². The summed E-state index contributed by atoms with van der Waals surface area (Å²) in [4.78, 5) is 28.5. The van der Waals surface area contributed by atoms with Crippen molar-refractivity contribution >= 4 is 27.9 Å². The van der Waals surface area contributed by atoms with Gasteiger partial charge in [0.05, 0.1) is 35.6 Å². The van der Waals surface area contributed by atoms with Crippen molar-refractivity contribution < 1.29 is 27.5 Å². The van der Waals surface area contributed by atoms with Crippen molar-refractivity contribution in [1.82, 2.24) is 15.4 Å². The highest BCUT2D eigenvalue weighted by molar-refractivity contribution is 7.89. The largest absolute Gasteiger partial charge is 0.491 e. The number of ether oxygens (including phenoxy) is 2.